The first-order valence-electron chi connectivity index (χ1n) is 8.98. The van der Waals surface area contributed by atoms with E-state index in [1.54, 1.807) is 18.9 Å². The monoisotopic (exact) mass is 373 g/mol. The number of esters is 1. The molecule has 0 amide bonds. The van der Waals surface area contributed by atoms with E-state index in [1.807, 2.05) is 23.9 Å². The Hall–Kier alpha value is -1.64. The SMILES string of the molecule is C=C(CN(C)CCN(C)CC(=O)O)OCCCCN(C)CC(=O)OCC. The zero-order chi connectivity index (χ0) is 19.9. The van der Waals surface area contributed by atoms with Crippen LogP contribution >= 0.6 is 0 Å². The highest BCUT2D eigenvalue weighted by Gasteiger charge is 2.08. The van der Waals surface area contributed by atoms with Crippen molar-refractivity contribution in [2.75, 3.05) is 73.6 Å². The van der Waals surface area contributed by atoms with Crippen molar-refractivity contribution in [3.8, 4) is 0 Å². The predicted octanol–water partition coefficient (Wildman–Crippen LogP) is 0.740. The van der Waals surface area contributed by atoms with Gasteiger partial charge in [0.15, 0.2) is 0 Å². The van der Waals surface area contributed by atoms with E-state index in [9.17, 15) is 9.59 Å². The number of carboxylic acid groups (broad SMARTS) is 1. The number of ether oxygens (including phenoxy) is 2. The van der Waals surface area contributed by atoms with Crippen molar-refractivity contribution in [1.29, 1.82) is 0 Å². The summed E-state index contributed by atoms with van der Waals surface area (Å²) >= 11 is 0. The van der Waals surface area contributed by atoms with Gasteiger partial charge in [-0.25, -0.2) is 0 Å². The maximum atomic E-state index is 11.3. The first kappa shape index (κ1) is 24.4. The van der Waals surface area contributed by atoms with Crippen molar-refractivity contribution in [2.24, 2.45) is 0 Å². The maximum Gasteiger partial charge on any atom is 0.320 e. The minimum absolute atomic E-state index is 0.0376. The van der Waals surface area contributed by atoms with E-state index in [0.717, 1.165) is 25.9 Å². The van der Waals surface area contributed by atoms with Crippen LogP contribution in [0.25, 0.3) is 0 Å². The molecule has 1 N–H and O–H groups in total. The quantitative estimate of drug-likeness (QED) is 0.241. The maximum absolute atomic E-state index is 11.3. The lowest BCUT2D eigenvalue weighted by atomic mass is 10.3. The molecule has 0 saturated carbocycles. The summed E-state index contributed by atoms with van der Waals surface area (Å²) in [6.07, 6.45) is 1.82. The van der Waals surface area contributed by atoms with Gasteiger partial charge in [0.2, 0.25) is 0 Å². The lowest BCUT2D eigenvalue weighted by Gasteiger charge is -2.22. The average Bonchev–Trinajstić information content (AvgIpc) is 2.52. The van der Waals surface area contributed by atoms with Crippen LogP contribution in [0.3, 0.4) is 0 Å². The van der Waals surface area contributed by atoms with Crippen LogP contribution in [0.4, 0.5) is 0 Å². The summed E-state index contributed by atoms with van der Waals surface area (Å²) in [5, 5.41) is 8.72. The van der Waals surface area contributed by atoms with Gasteiger partial charge < -0.3 is 14.6 Å². The van der Waals surface area contributed by atoms with E-state index in [1.165, 1.54) is 0 Å². The summed E-state index contributed by atoms with van der Waals surface area (Å²) in [4.78, 5) is 27.7. The molecule has 0 rings (SSSR count). The molecule has 0 aliphatic carbocycles. The van der Waals surface area contributed by atoms with Crippen LogP contribution in [0.2, 0.25) is 0 Å². The minimum Gasteiger partial charge on any atom is -0.497 e. The van der Waals surface area contributed by atoms with Gasteiger partial charge in [0, 0.05) is 13.1 Å². The average molecular weight is 373 g/mol. The number of nitrogens with zero attached hydrogens (tertiary/aromatic N) is 3. The molecule has 0 aromatic rings. The van der Waals surface area contributed by atoms with Gasteiger partial charge >= 0.3 is 11.9 Å². The summed E-state index contributed by atoms with van der Waals surface area (Å²) in [7, 11) is 5.63. The van der Waals surface area contributed by atoms with Crippen molar-refractivity contribution < 1.29 is 24.2 Å². The van der Waals surface area contributed by atoms with Gasteiger partial charge in [-0.05, 0) is 47.5 Å². The zero-order valence-corrected chi connectivity index (χ0v) is 16.7. The Kier molecular flexibility index (Phi) is 13.6. The molecule has 0 fully saturated rings. The summed E-state index contributed by atoms with van der Waals surface area (Å²) in [6.45, 7) is 9.91. The second-order valence-electron chi connectivity index (χ2n) is 6.51. The fourth-order valence-electron chi connectivity index (χ4n) is 2.28. The molecule has 0 aliphatic rings. The van der Waals surface area contributed by atoms with Gasteiger partial charge in [-0.2, -0.15) is 0 Å². The van der Waals surface area contributed by atoms with Crippen LogP contribution in [0, 0.1) is 0 Å². The summed E-state index contributed by atoms with van der Waals surface area (Å²) in [5.74, 6) is -0.319. The lowest BCUT2D eigenvalue weighted by molar-refractivity contribution is -0.144. The zero-order valence-electron chi connectivity index (χ0n) is 16.7. The molecule has 0 spiro atoms. The number of carbonyl (C=O) groups is 2. The molecule has 0 heterocycles. The molecule has 0 bridgehead atoms. The number of aliphatic carboxylic acids is 1. The summed E-state index contributed by atoms with van der Waals surface area (Å²) in [6, 6.07) is 0. The third kappa shape index (κ3) is 14.7. The molecule has 0 aliphatic heterocycles. The molecular weight excluding hydrogens is 338 g/mol. The highest BCUT2D eigenvalue weighted by molar-refractivity contribution is 5.71. The van der Waals surface area contributed by atoms with Crippen molar-refractivity contribution >= 4 is 11.9 Å². The Labute approximate surface area is 157 Å². The van der Waals surface area contributed by atoms with Crippen molar-refractivity contribution in [1.82, 2.24) is 14.7 Å². The van der Waals surface area contributed by atoms with E-state index in [2.05, 4.69) is 6.58 Å². The highest BCUT2D eigenvalue weighted by Crippen LogP contribution is 2.01. The molecule has 0 atom stereocenters. The molecule has 8 heteroatoms. The van der Waals surface area contributed by atoms with Gasteiger partial charge in [-0.1, -0.05) is 6.58 Å². The van der Waals surface area contributed by atoms with E-state index >= 15 is 0 Å². The lowest BCUT2D eigenvalue weighted by Crippen LogP contribution is -2.34. The number of carboxylic acids is 1. The Morgan fingerprint density at radius 3 is 2.04 bits per heavy atom. The van der Waals surface area contributed by atoms with E-state index in [0.29, 0.717) is 38.6 Å². The molecule has 152 valence electrons. The van der Waals surface area contributed by atoms with Crippen LogP contribution < -0.4 is 0 Å². The van der Waals surface area contributed by atoms with Gasteiger partial charge in [-0.15, -0.1) is 0 Å². The van der Waals surface area contributed by atoms with Crippen LogP contribution in [-0.2, 0) is 19.1 Å². The molecule has 26 heavy (non-hydrogen) atoms. The minimum atomic E-state index is -0.823. The van der Waals surface area contributed by atoms with Crippen molar-refractivity contribution in [3.05, 3.63) is 12.3 Å². The van der Waals surface area contributed by atoms with Crippen LogP contribution in [0.5, 0.6) is 0 Å². The molecule has 0 aromatic carbocycles. The fraction of sp³-hybridized carbons (Fsp3) is 0.778. The molecule has 0 unspecified atom stereocenters. The van der Waals surface area contributed by atoms with E-state index < -0.39 is 5.97 Å². The highest BCUT2D eigenvalue weighted by atomic mass is 16.5. The third-order valence-corrected chi connectivity index (χ3v) is 3.66. The predicted molar refractivity (Wildman–Crippen MR) is 101 cm³/mol. The molecule has 0 radical (unpaired) electrons. The first-order valence-corrected chi connectivity index (χ1v) is 8.98. The Morgan fingerprint density at radius 2 is 1.46 bits per heavy atom. The number of likely N-dealkylation sites (N-methyl/N-ethyl adjacent to an activating group) is 3. The molecule has 8 nitrogen and oxygen atoms in total. The van der Waals surface area contributed by atoms with Crippen molar-refractivity contribution in [3.63, 3.8) is 0 Å². The van der Waals surface area contributed by atoms with Gasteiger partial charge in [-0.3, -0.25) is 24.3 Å². The summed E-state index contributed by atoms with van der Waals surface area (Å²) < 4.78 is 10.5. The molecule has 0 aromatic heterocycles. The second kappa shape index (κ2) is 14.5. The summed E-state index contributed by atoms with van der Waals surface area (Å²) in [5.41, 5.74) is 0. The second-order valence-corrected chi connectivity index (χ2v) is 6.51. The first-order chi connectivity index (χ1) is 12.2. The number of hydrogen-bond donors (Lipinski definition) is 1. The van der Waals surface area contributed by atoms with Gasteiger partial charge in [0.1, 0.15) is 5.76 Å². The normalized spacial score (nSPS) is 11.2. The number of rotatable bonds is 16. The van der Waals surface area contributed by atoms with Gasteiger partial charge in [0.25, 0.3) is 0 Å². The molecular formula is C18H35N3O5. The smallest absolute Gasteiger partial charge is 0.320 e. The van der Waals surface area contributed by atoms with E-state index in [4.69, 9.17) is 14.6 Å². The standard InChI is InChI=1S/C18H35N3O5/c1-6-25-18(24)15-19(3)9-7-8-12-26-16(2)13-20(4)10-11-21(5)14-17(22)23/h2,6-15H2,1,3-5H3,(H,22,23). The number of unbranched alkanes of at least 4 members (excludes halogenated alkanes) is 1. The van der Waals surface area contributed by atoms with Crippen LogP contribution in [0.1, 0.15) is 19.8 Å². The van der Waals surface area contributed by atoms with E-state index in [-0.39, 0.29) is 12.5 Å². The Balaban J connectivity index is 3.70. The Bertz CT molecular complexity index is 431. The third-order valence-electron chi connectivity index (χ3n) is 3.66. The van der Waals surface area contributed by atoms with Crippen LogP contribution in [-0.4, -0.2) is 105 Å². The fourth-order valence-corrected chi connectivity index (χ4v) is 2.28. The van der Waals surface area contributed by atoms with Crippen LogP contribution in [0.15, 0.2) is 12.3 Å². The van der Waals surface area contributed by atoms with Crippen molar-refractivity contribution in [2.45, 2.75) is 19.8 Å². The topological polar surface area (TPSA) is 82.6 Å². The number of hydrogen-bond acceptors (Lipinski definition) is 7. The Morgan fingerprint density at radius 1 is 0.885 bits per heavy atom. The largest absolute Gasteiger partial charge is 0.497 e. The van der Waals surface area contributed by atoms with Gasteiger partial charge in [0.05, 0.1) is 32.8 Å². The number of carbonyl (C=O) groups excluding carboxylic acids is 1. The molecule has 0 saturated heterocycles.